The number of hydrogen-bond acceptors (Lipinski definition) is 10. The van der Waals surface area contributed by atoms with Crippen LogP contribution in [0.2, 0.25) is 0 Å². The summed E-state index contributed by atoms with van der Waals surface area (Å²) in [4.78, 5) is 35.0. The Morgan fingerprint density at radius 2 is 1.16 bits per heavy atom. The smallest absolute Gasteiger partial charge is 0.462 e. The maximum Gasteiger partial charge on any atom is 0.472 e. The maximum atomic E-state index is 12.6. The second kappa shape index (κ2) is 42.7. The average molecular weight is 881 g/mol. The Morgan fingerprint density at radius 3 is 1.77 bits per heavy atom. The van der Waals surface area contributed by atoms with Crippen molar-refractivity contribution in [3.8, 4) is 0 Å². The predicted octanol–water partition coefficient (Wildman–Crippen LogP) is 11.7. The van der Waals surface area contributed by atoms with E-state index in [1.165, 1.54) is 77.0 Å². The van der Waals surface area contributed by atoms with Gasteiger partial charge in [-0.25, -0.2) is 4.57 Å². The third-order valence-electron chi connectivity index (χ3n) is 10.0. The number of unbranched alkanes of at least 4 members (excludes halogenated alkanes) is 13. The van der Waals surface area contributed by atoms with Gasteiger partial charge in [-0.1, -0.05) is 190 Å². The molecule has 0 heterocycles. The minimum absolute atomic E-state index is 0.0337. The van der Waals surface area contributed by atoms with E-state index in [-0.39, 0.29) is 19.4 Å². The molecule has 12 heteroatoms. The number of phosphoric ester groups is 1. The Balaban J connectivity index is 4.43. The highest BCUT2D eigenvalue weighted by Crippen LogP contribution is 2.43. The van der Waals surface area contributed by atoms with Crippen LogP contribution < -0.4 is 0 Å². The lowest BCUT2D eigenvalue weighted by molar-refractivity contribution is -0.161. The van der Waals surface area contributed by atoms with Crippen LogP contribution >= 0.6 is 7.82 Å². The number of ether oxygens (including phenoxy) is 2. The van der Waals surface area contributed by atoms with E-state index < -0.39 is 57.9 Å². The second-order valence-electron chi connectivity index (χ2n) is 15.8. The fraction of sp³-hybridized carbons (Fsp3) is 0.714. The zero-order chi connectivity index (χ0) is 45.1. The summed E-state index contributed by atoms with van der Waals surface area (Å²) in [6.45, 7) is 4.47. The van der Waals surface area contributed by atoms with E-state index in [4.69, 9.17) is 19.1 Å². The van der Waals surface area contributed by atoms with E-state index in [2.05, 4.69) is 37.4 Å². The number of allylic oxidation sites excluding steroid dienone is 10. The normalized spacial score (nSPS) is 15.5. The first-order valence-electron chi connectivity index (χ1n) is 23.4. The molecule has 3 unspecified atom stereocenters. The van der Waals surface area contributed by atoms with Crippen LogP contribution in [0.5, 0.6) is 0 Å². The minimum atomic E-state index is -4.66. The molecule has 0 radical (unpaired) electrons. The summed E-state index contributed by atoms with van der Waals surface area (Å²) in [5.74, 6) is -0.186. The lowest BCUT2D eigenvalue weighted by atomic mass is 9.99. The molecule has 352 valence electrons. The molecule has 0 rings (SSSR count). The number of aliphatic hydroxyl groups is 3. The molecule has 0 saturated carbocycles. The molecule has 61 heavy (non-hydrogen) atoms. The molecule has 0 fully saturated rings. The van der Waals surface area contributed by atoms with Gasteiger partial charge in [0.2, 0.25) is 0 Å². The van der Waals surface area contributed by atoms with Gasteiger partial charge in [0.15, 0.2) is 6.10 Å². The van der Waals surface area contributed by atoms with Crippen LogP contribution in [0.1, 0.15) is 175 Å². The number of phosphoric acid groups is 1. The predicted molar refractivity (Wildman–Crippen MR) is 248 cm³/mol. The highest BCUT2D eigenvalue weighted by molar-refractivity contribution is 7.47. The lowest BCUT2D eigenvalue weighted by Crippen LogP contribution is -2.29. The second-order valence-corrected chi connectivity index (χ2v) is 17.3. The van der Waals surface area contributed by atoms with Crippen LogP contribution in [0.15, 0.2) is 72.9 Å². The van der Waals surface area contributed by atoms with Crippen LogP contribution in [0.3, 0.4) is 0 Å². The molecule has 0 saturated heterocycles. The van der Waals surface area contributed by atoms with Crippen molar-refractivity contribution in [3.05, 3.63) is 72.9 Å². The quantitative estimate of drug-likeness (QED) is 0.0151. The van der Waals surface area contributed by atoms with Crippen LogP contribution in [-0.4, -0.2) is 76.9 Å². The number of aliphatic hydroxyl groups excluding tert-OH is 3. The fourth-order valence-corrected chi connectivity index (χ4v) is 6.81. The van der Waals surface area contributed by atoms with Crippen LogP contribution in [0.25, 0.3) is 0 Å². The molecule has 0 amide bonds. The summed E-state index contributed by atoms with van der Waals surface area (Å²) < 4.78 is 32.7. The molecule has 0 aromatic rings. The standard InChI is InChI=1S/C49H85O11P/c1-4-6-7-8-26-31-36-45(51)37-32-27-22-18-15-16-20-24-29-34-39-49(54)60-47(43-59-61(55,56)58-41-46(52)40-50)42-57-48(53)38-33-28-23-19-14-12-10-9-11-13-17-21-25-30-35-44(3)5-2/h6-7,15-16,22,24,26-27,29,31-32,37,44-47,50-52H,4-5,8-14,17-21,23,25,28,30,33-36,38-43H2,1-3H3,(H,55,56)/b7-6-,16-15-,27-22-,29-24-,31-26-,37-32+/t44?,45?,46-,47+/m0/s1. The van der Waals surface area contributed by atoms with Crippen molar-refractivity contribution >= 4 is 19.8 Å². The van der Waals surface area contributed by atoms with Crippen molar-refractivity contribution in [2.24, 2.45) is 5.92 Å². The zero-order valence-corrected chi connectivity index (χ0v) is 39.0. The Morgan fingerprint density at radius 1 is 0.623 bits per heavy atom. The van der Waals surface area contributed by atoms with Gasteiger partial charge in [0.1, 0.15) is 12.7 Å². The minimum Gasteiger partial charge on any atom is -0.462 e. The van der Waals surface area contributed by atoms with Crippen LogP contribution in [-0.2, 0) is 32.7 Å². The fourth-order valence-electron chi connectivity index (χ4n) is 6.02. The maximum absolute atomic E-state index is 12.6. The third-order valence-corrected chi connectivity index (χ3v) is 11.0. The first kappa shape index (κ1) is 58.4. The molecule has 0 spiro atoms. The Kier molecular flexibility index (Phi) is 40.8. The summed E-state index contributed by atoms with van der Waals surface area (Å²) in [5, 5.41) is 28.4. The van der Waals surface area contributed by atoms with Crippen molar-refractivity contribution < 1.29 is 52.9 Å². The summed E-state index contributed by atoms with van der Waals surface area (Å²) in [6.07, 6.45) is 44.8. The van der Waals surface area contributed by atoms with Gasteiger partial charge in [-0.05, 0) is 50.9 Å². The molecular weight excluding hydrogens is 796 g/mol. The molecule has 5 atom stereocenters. The Hall–Kier alpha value is -2.63. The van der Waals surface area contributed by atoms with E-state index in [0.717, 1.165) is 44.4 Å². The molecule has 0 aliphatic carbocycles. The molecular formula is C49H85O11P. The third kappa shape index (κ3) is 42.4. The van der Waals surface area contributed by atoms with Gasteiger partial charge < -0.3 is 29.7 Å². The van der Waals surface area contributed by atoms with Gasteiger partial charge in [-0.2, -0.15) is 0 Å². The molecule has 0 bridgehead atoms. The van der Waals surface area contributed by atoms with Gasteiger partial charge >= 0.3 is 19.8 Å². The first-order valence-corrected chi connectivity index (χ1v) is 24.9. The number of hydrogen-bond donors (Lipinski definition) is 4. The van der Waals surface area contributed by atoms with Crippen molar-refractivity contribution in [3.63, 3.8) is 0 Å². The van der Waals surface area contributed by atoms with Gasteiger partial charge in [0.05, 0.1) is 25.9 Å². The van der Waals surface area contributed by atoms with Crippen molar-refractivity contribution in [2.75, 3.05) is 26.4 Å². The number of carbonyl (C=O) groups is 2. The summed E-state index contributed by atoms with van der Waals surface area (Å²) in [6, 6.07) is 0. The molecule has 0 aromatic carbocycles. The van der Waals surface area contributed by atoms with Gasteiger partial charge in [-0.3, -0.25) is 18.6 Å². The van der Waals surface area contributed by atoms with Crippen LogP contribution in [0.4, 0.5) is 0 Å². The summed E-state index contributed by atoms with van der Waals surface area (Å²) in [7, 11) is -4.66. The zero-order valence-electron chi connectivity index (χ0n) is 38.1. The van der Waals surface area contributed by atoms with E-state index in [1.54, 1.807) is 6.08 Å². The number of esters is 2. The van der Waals surface area contributed by atoms with Crippen LogP contribution in [0, 0.1) is 5.92 Å². The number of rotatable bonds is 42. The molecule has 0 aliphatic heterocycles. The summed E-state index contributed by atoms with van der Waals surface area (Å²) >= 11 is 0. The Bertz CT molecular complexity index is 1270. The van der Waals surface area contributed by atoms with Crippen molar-refractivity contribution in [1.82, 2.24) is 0 Å². The SMILES string of the molecule is CC/C=C\C/C=C\CC(O)/C=C/C=C\C/C=C\C/C=C\CCC(=O)O[C@H](COC(=O)CCCCCCCCCCCCCCCCC(C)CC)COP(=O)(O)OC[C@@H](O)CO. The highest BCUT2D eigenvalue weighted by atomic mass is 31.2. The Labute approximate surface area is 370 Å². The molecule has 11 nitrogen and oxygen atoms in total. The summed E-state index contributed by atoms with van der Waals surface area (Å²) in [5.41, 5.74) is 0. The first-order chi connectivity index (χ1) is 29.5. The van der Waals surface area contributed by atoms with Gasteiger partial charge in [-0.15, -0.1) is 0 Å². The lowest BCUT2D eigenvalue weighted by Gasteiger charge is -2.20. The van der Waals surface area contributed by atoms with E-state index >= 15 is 0 Å². The van der Waals surface area contributed by atoms with E-state index in [9.17, 15) is 29.3 Å². The number of carbonyl (C=O) groups excluding carboxylic acids is 2. The highest BCUT2D eigenvalue weighted by Gasteiger charge is 2.27. The van der Waals surface area contributed by atoms with E-state index in [1.807, 2.05) is 54.7 Å². The van der Waals surface area contributed by atoms with Gasteiger partial charge in [0.25, 0.3) is 0 Å². The largest absolute Gasteiger partial charge is 0.472 e. The monoisotopic (exact) mass is 881 g/mol. The topological polar surface area (TPSA) is 169 Å². The molecule has 0 aromatic heterocycles. The molecule has 0 aliphatic rings. The van der Waals surface area contributed by atoms with Crippen molar-refractivity contribution in [2.45, 2.75) is 193 Å². The van der Waals surface area contributed by atoms with Crippen molar-refractivity contribution in [1.29, 1.82) is 0 Å². The molecule has 4 N–H and O–H groups in total. The van der Waals surface area contributed by atoms with Gasteiger partial charge in [0, 0.05) is 12.8 Å². The van der Waals surface area contributed by atoms with E-state index in [0.29, 0.717) is 25.7 Å². The average Bonchev–Trinajstić information content (AvgIpc) is 3.24.